The molecule has 3 atom stereocenters. The number of carbonyl (C=O) groups excluding carboxylic acids is 4. The third-order valence-corrected chi connectivity index (χ3v) is 6.53. The second-order valence-electron chi connectivity index (χ2n) is 12.5. The summed E-state index contributed by atoms with van der Waals surface area (Å²) in [6.07, 6.45) is 1.23. The van der Waals surface area contributed by atoms with Crippen molar-refractivity contribution in [3.63, 3.8) is 0 Å². The summed E-state index contributed by atoms with van der Waals surface area (Å²) in [6, 6.07) is 5.29. The van der Waals surface area contributed by atoms with Gasteiger partial charge in [-0.05, 0) is 83.8 Å². The van der Waals surface area contributed by atoms with Crippen LogP contribution in [0.15, 0.2) is 24.3 Å². The predicted molar refractivity (Wildman–Crippen MR) is 161 cm³/mol. The van der Waals surface area contributed by atoms with E-state index in [0.29, 0.717) is 24.3 Å². The van der Waals surface area contributed by atoms with Crippen LogP contribution in [0, 0.1) is 18.8 Å². The molecule has 0 aliphatic carbocycles. The van der Waals surface area contributed by atoms with Crippen molar-refractivity contribution >= 4 is 23.9 Å². The van der Waals surface area contributed by atoms with E-state index in [9.17, 15) is 19.2 Å². The molecule has 0 saturated heterocycles. The van der Waals surface area contributed by atoms with E-state index in [1.165, 1.54) is 0 Å². The van der Waals surface area contributed by atoms with Crippen molar-refractivity contribution < 1.29 is 28.7 Å². The summed E-state index contributed by atoms with van der Waals surface area (Å²) in [5.41, 5.74) is 0.807. The van der Waals surface area contributed by atoms with Crippen LogP contribution in [0.3, 0.4) is 0 Å². The van der Waals surface area contributed by atoms with Crippen LogP contribution < -0.4 is 10.6 Å². The Morgan fingerprint density at radius 1 is 0.951 bits per heavy atom. The number of hydrogen-bond acceptors (Lipinski definition) is 6. The zero-order valence-corrected chi connectivity index (χ0v) is 26.8. The molecule has 0 saturated carbocycles. The zero-order valence-electron chi connectivity index (χ0n) is 26.8. The van der Waals surface area contributed by atoms with Gasteiger partial charge in [0, 0.05) is 12.6 Å². The van der Waals surface area contributed by atoms with Gasteiger partial charge in [0.15, 0.2) is 0 Å². The van der Waals surface area contributed by atoms with Crippen LogP contribution in [0.2, 0.25) is 0 Å². The number of aryl methyl sites for hydroxylation is 1. The molecule has 0 heterocycles. The molecule has 0 aliphatic heterocycles. The number of carbonyl (C=O) groups is 4. The first-order chi connectivity index (χ1) is 19.1. The molecule has 9 nitrogen and oxygen atoms in total. The maximum Gasteiger partial charge on any atom is 0.408 e. The van der Waals surface area contributed by atoms with Gasteiger partial charge in [0.05, 0.1) is 13.0 Å². The van der Waals surface area contributed by atoms with E-state index in [0.717, 1.165) is 12.0 Å². The van der Waals surface area contributed by atoms with Crippen molar-refractivity contribution in [2.45, 2.75) is 119 Å². The molecular formula is C32H53N3O6. The van der Waals surface area contributed by atoms with Crippen LogP contribution >= 0.6 is 0 Å². The molecular weight excluding hydrogens is 522 g/mol. The highest BCUT2D eigenvalue weighted by atomic mass is 16.6. The van der Waals surface area contributed by atoms with Crippen LogP contribution in [0.1, 0.15) is 105 Å². The van der Waals surface area contributed by atoms with Crippen molar-refractivity contribution in [2.75, 3.05) is 13.2 Å². The molecule has 0 spiro atoms. The Labute approximate surface area is 247 Å². The van der Waals surface area contributed by atoms with E-state index in [-0.39, 0.29) is 37.4 Å². The van der Waals surface area contributed by atoms with Gasteiger partial charge in [-0.1, -0.05) is 52.0 Å². The first-order valence-corrected chi connectivity index (χ1v) is 14.9. The van der Waals surface area contributed by atoms with Gasteiger partial charge >= 0.3 is 12.1 Å². The minimum absolute atomic E-state index is 0.0209. The Bertz CT molecular complexity index is 1000. The van der Waals surface area contributed by atoms with Gasteiger partial charge < -0.3 is 25.0 Å². The molecule has 0 aromatic heterocycles. The molecule has 3 amide bonds. The monoisotopic (exact) mass is 575 g/mol. The maximum absolute atomic E-state index is 14.5. The first kappa shape index (κ1) is 35.9. The van der Waals surface area contributed by atoms with Crippen molar-refractivity contribution in [2.24, 2.45) is 11.8 Å². The highest BCUT2D eigenvalue weighted by Crippen LogP contribution is 2.30. The summed E-state index contributed by atoms with van der Waals surface area (Å²) in [6.45, 7) is 19.4. The highest BCUT2D eigenvalue weighted by molar-refractivity contribution is 5.92. The van der Waals surface area contributed by atoms with E-state index in [1.807, 2.05) is 52.0 Å². The Hall–Kier alpha value is -3.10. The zero-order chi connectivity index (χ0) is 31.3. The second-order valence-corrected chi connectivity index (χ2v) is 12.5. The van der Waals surface area contributed by atoms with Gasteiger partial charge in [-0.25, -0.2) is 4.79 Å². The van der Waals surface area contributed by atoms with Gasteiger partial charge in [0.1, 0.15) is 17.7 Å². The number of alkyl carbamates (subject to hydrolysis) is 1. The minimum atomic E-state index is -0.969. The fraction of sp³-hybridized carbons (Fsp3) is 0.688. The van der Waals surface area contributed by atoms with Crippen molar-refractivity contribution in [3.05, 3.63) is 35.4 Å². The number of amides is 3. The summed E-state index contributed by atoms with van der Waals surface area (Å²) in [5.74, 6) is -0.668. The number of nitrogens with one attached hydrogen (secondary N) is 2. The maximum atomic E-state index is 14.5. The van der Waals surface area contributed by atoms with E-state index in [4.69, 9.17) is 9.47 Å². The molecule has 3 unspecified atom stereocenters. The Balaban J connectivity index is 3.58. The van der Waals surface area contributed by atoms with Crippen LogP contribution in [-0.4, -0.2) is 59.6 Å². The number of hydrogen-bond donors (Lipinski definition) is 2. The van der Waals surface area contributed by atoms with Gasteiger partial charge in [0.25, 0.3) is 0 Å². The summed E-state index contributed by atoms with van der Waals surface area (Å²) in [7, 11) is 0. The molecule has 0 aliphatic rings. The highest BCUT2D eigenvalue weighted by Gasteiger charge is 2.39. The number of benzene rings is 1. The van der Waals surface area contributed by atoms with Gasteiger partial charge in [-0.15, -0.1) is 0 Å². The van der Waals surface area contributed by atoms with Gasteiger partial charge in [0.2, 0.25) is 11.8 Å². The number of nitrogens with zero attached hydrogens (tertiary/aromatic N) is 1. The third kappa shape index (κ3) is 13.0. The molecule has 9 heteroatoms. The second kappa shape index (κ2) is 17.0. The Kier molecular flexibility index (Phi) is 14.9. The average molecular weight is 576 g/mol. The number of rotatable bonds is 15. The van der Waals surface area contributed by atoms with E-state index in [2.05, 4.69) is 24.5 Å². The lowest BCUT2D eigenvalue weighted by Gasteiger charge is -2.39. The van der Waals surface area contributed by atoms with Crippen LogP contribution in [0.5, 0.6) is 0 Å². The Morgan fingerprint density at radius 3 is 2.12 bits per heavy atom. The molecule has 2 N–H and O–H groups in total. The summed E-state index contributed by atoms with van der Waals surface area (Å²) in [4.78, 5) is 54.7. The first-order valence-electron chi connectivity index (χ1n) is 14.9. The summed E-state index contributed by atoms with van der Waals surface area (Å²) < 4.78 is 10.5. The number of esters is 1. The van der Waals surface area contributed by atoms with Crippen LogP contribution in [0.4, 0.5) is 4.79 Å². The average Bonchev–Trinajstić information content (AvgIpc) is 2.84. The standard InChI is InChI=1S/C32H53N3O6/c1-11-40-27(36)18-19-33-29(37)28(25-15-13-12-14-23(25)6)35(24(7)17-16-21(2)3)30(38)26(20-22(4)5)34-31(39)41-32(8,9)10/h12-15,21-22,24,26,28H,11,16-20H2,1-10H3,(H,33,37)(H,34,39). The lowest BCUT2D eigenvalue weighted by atomic mass is 9.93. The number of ether oxygens (including phenoxy) is 2. The lowest BCUT2D eigenvalue weighted by Crippen LogP contribution is -2.56. The fourth-order valence-electron chi connectivity index (χ4n) is 4.56. The molecule has 1 aromatic carbocycles. The van der Waals surface area contributed by atoms with Gasteiger partial charge in [-0.3, -0.25) is 14.4 Å². The third-order valence-electron chi connectivity index (χ3n) is 6.53. The normalized spacial score (nSPS) is 13.8. The molecule has 232 valence electrons. The summed E-state index contributed by atoms with van der Waals surface area (Å²) >= 11 is 0. The molecule has 0 bridgehead atoms. The van der Waals surface area contributed by atoms with Crippen molar-refractivity contribution in [1.82, 2.24) is 15.5 Å². The molecule has 1 aromatic rings. The predicted octanol–water partition coefficient (Wildman–Crippen LogP) is 5.70. The van der Waals surface area contributed by atoms with E-state index >= 15 is 0 Å². The van der Waals surface area contributed by atoms with Crippen LogP contribution in [-0.2, 0) is 23.9 Å². The lowest BCUT2D eigenvalue weighted by molar-refractivity contribution is -0.146. The van der Waals surface area contributed by atoms with Crippen LogP contribution in [0.25, 0.3) is 0 Å². The van der Waals surface area contributed by atoms with Crippen molar-refractivity contribution in [3.8, 4) is 0 Å². The van der Waals surface area contributed by atoms with Gasteiger partial charge in [-0.2, -0.15) is 0 Å². The topological polar surface area (TPSA) is 114 Å². The molecule has 0 fully saturated rings. The molecule has 1 rings (SSSR count). The Morgan fingerprint density at radius 2 is 1.59 bits per heavy atom. The molecule has 0 radical (unpaired) electrons. The summed E-state index contributed by atoms with van der Waals surface area (Å²) in [5, 5.41) is 5.65. The SMILES string of the molecule is CCOC(=O)CCNC(=O)C(c1ccccc1C)N(C(=O)C(CC(C)C)NC(=O)OC(C)(C)C)C(C)CCC(C)C. The quantitative estimate of drug-likeness (QED) is 0.260. The van der Waals surface area contributed by atoms with Crippen molar-refractivity contribution in [1.29, 1.82) is 0 Å². The fourth-order valence-corrected chi connectivity index (χ4v) is 4.56. The minimum Gasteiger partial charge on any atom is -0.466 e. The van der Waals surface area contributed by atoms with E-state index < -0.39 is 35.7 Å². The largest absolute Gasteiger partial charge is 0.466 e. The van der Waals surface area contributed by atoms with E-state index in [1.54, 1.807) is 32.6 Å². The smallest absolute Gasteiger partial charge is 0.408 e. The molecule has 41 heavy (non-hydrogen) atoms.